The van der Waals surface area contributed by atoms with E-state index in [1.54, 1.807) is 11.3 Å². The van der Waals surface area contributed by atoms with Gasteiger partial charge in [0.2, 0.25) is 0 Å². The Balaban J connectivity index is 2.13. The lowest BCUT2D eigenvalue weighted by molar-refractivity contribution is 1.28. The molecule has 86 valence electrons. The Morgan fingerprint density at radius 2 is 1.67 bits per heavy atom. The summed E-state index contributed by atoms with van der Waals surface area (Å²) in [5, 5.41) is 2.17. The summed E-state index contributed by atoms with van der Waals surface area (Å²) in [5.41, 5.74) is 4.67. The number of benzene rings is 2. The molecule has 4 aromatic rings. The van der Waals surface area contributed by atoms with Crippen molar-refractivity contribution in [2.75, 3.05) is 0 Å². The summed E-state index contributed by atoms with van der Waals surface area (Å²) in [5.74, 6) is 0. The molecule has 18 heavy (non-hydrogen) atoms. The van der Waals surface area contributed by atoms with Gasteiger partial charge in [0.25, 0.3) is 0 Å². The highest BCUT2D eigenvalue weighted by atomic mass is 32.1. The van der Waals surface area contributed by atoms with E-state index in [1.165, 1.54) is 16.8 Å². The number of fused-ring (bicyclic) bond motifs is 3. The van der Waals surface area contributed by atoms with Gasteiger partial charge in [-0.05, 0) is 17.7 Å². The zero-order valence-electron chi connectivity index (χ0n) is 9.58. The van der Waals surface area contributed by atoms with Gasteiger partial charge in [-0.25, -0.2) is 4.98 Å². The molecule has 0 unspecified atom stereocenters. The van der Waals surface area contributed by atoms with E-state index in [-0.39, 0.29) is 0 Å². The number of aromatic nitrogens is 2. The third-order valence-electron chi connectivity index (χ3n) is 3.12. The number of hydrogen-bond donors (Lipinski definition) is 0. The molecule has 0 amide bonds. The summed E-state index contributed by atoms with van der Waals surface area (Å²) in [6, 6.07) is 18.7. The van der Waals surface area contributed by atoms with Crippen molar-refractivity contribution in [2.45, 2.75) is 0 Å². The molecule has 0 aliphatic rings. The van der Waals surface area contributed by atoms with Crippen LogP contribution in [0.25, 0.3) is 27.3 Å². The Morgan fingerprint density at radius 3 is 2.56 bits per heavy atom. The molecule has 2 nitrogen and oxygen atoms in total. The van der Waals surface area contributed by atoms with Crippen LogP contribution in [0.4, 0.5) is 0 Å². The van der Waals surface area contributed by atoms with Crippen molar-refractivity contribution in [1.82, 2.24) is 9.38 Å². The zero-order chi connectivity index (χ0) is 11.9. The first-order valence-corrected chi connectivity index (χ1v) is 6.71. The summed E-state index contributed by atoms with van der Waals surface area (Å²) in [7, 11) is 0. The maximum absolute atomic E-state index is 4.64. The topological polar surface area (TPSA) is 17.3 Å². The van der Waals surface area contributed by atoms with E-state index in [0.29, 0.717) is 0 Å². The largest absolute Gasteiger partial charge is 0.283 e. The molecule has 0 saturated heterocycles. The minimum Gasteiger partial charge on any atom is -0.283 e. The van der Waals surface area contributed by atoms with E-state index >= 15 is 0 Å². The van der Waals surface area contributed by atoms with Crippen LogP contribution in [0.15, 0.2) is 60.0 Å². The van der Waals surface area contributed by atoms with Crippen molar-refractivity contribution in [3.63, 3.8) is 0 Å². The highest BCUT2D eigenvalue weighted by molar-refractivity contribution is 7.15. The van der Waals surface area contributed by atoms with Gasteiger partial charge in [-0.3, -0.25) is 4.40 Å². The molecule has 0 saturated carbocycles. The van der Waals surface area contributed by atoms with Crippen LogP contribution in [0.2, 0.25) is 0 Å². The Labute approximate surface area is 108 Å². The van der Waals surface area contributed by atoms with Crippen LogP contribution in [0.1, 0.15) is 0 Å². The summed E-state index contributed by atoms with van der Waals surface area (Å²) in [6.45, 7) is 0. The van der Waals surface area contributed by atoms with Gasteiger partial charge in [0.05, 0.1) is 16.7 Å². The van der Waals surface area contributed by atoms with Crippen LogP contribution in [-0.2, 0) is 0 Å². The molecule has 0 aliphatic carbocycles. The Morgan fingerprint density at radius 1 is 0.889 bits per heavy atom. The van der Waals surface area contributed by atoms with Crippen molar-refractivity contribution in [2.24, 2.45) is 0 Å². The van der Waals surface area contributed by atoms with E-state index in [0.717, 1.165) is 10.5 Å². The SMILES string of the molecule is c1ccc(-c2csc3nc4ccccc4n23)cc1. The van der Waals surface area contributed by atoms with Crippen LogP contribution >= 0.6 is 11.3 Å². The molecule has 0 spiro atoms. The Bertz CT molecular complexity index is 827. The highest BCUT2D eigenvalue weighted by Crippen LogP contribution is 2.29. The lowest BCUT2D eigenvalue weighted by Gasteiger charge is -2.00. The molecule has 0 atom stereocenters. The van der Waals surface area contributed by atoms with Crippen molar-refractivity contribution in [3.05, 3.63) is 60.0 Å². The van der Waals surface area contributed by atoms with E-state index < -0.39 is 0 Å². The van der Waals surface area contributed by atoms with Gasteiger partial charge in [0.1, 0.15) is 0 Å². The first-order chi connectivity index (χ1) is 8.93. The lowest BCUT2D eigenvalue weighted by Crippen LogP contribution is -1.84. The molecule has 0 radical (unpaired) electrons. The molecule has 0 fully saturated rings. The van der Waals surface area contributed by atoms with E-state index in [2.05, 4.69) is 57.2 Å². The molecule has 3 heteroatoms. The maximum Gasteiger partial charge on any atom is 0.195 e. The third kappa shape index (κ3) is 1.31. The summed E-state index contributed by atoms with van der Waals surface area (Å²) in [4.78, 5) is 5.69. The number of thiazole rings is 1. The number of imidazole rings is 1. The average Bonchev–Trinajstić information content (AvgIpc) is 2.98. The van der Waals surface area contributed by atoms with Gasteiger partial charge in [-0.15, -0.1) is 11.3 Å². The van der Waals surface area contributed by atoms with Crippen molar-refractivity contribution < 1.29 is 0 Å². The smallest absolute Gasteiger partial charge is 0.195 e. The minimum absolute atomic E-state index is 1.05. The number of hydrogen-bond acceptors (Lipinski definition) is 2. The maximum atomic E-state index is 4.64. The van der Waals surface area contributed by atoms with Crippen LogP contribution in [0.5, 0.6) is 0 Å². The molecule has 2 heterocycles. The van der Waals surface area contributed by atoms with Crippen LogP contribution < -0.4 is 0 Å². The fourth-order valence-corrected chi connectivity index (χ4v) is 3.19. The van der Waals surface area contributed by atoms with Crippen LogP contribution in [0, 0.1) is 0 Å². The first kappa shape index (κ1) is 9.85. The summed E-state index contributed by atoms with van der Waals surface area (Å²) < 4.78 is 2.23. The monoisotopic (exact) mass is 250 g/mol. The van der Waals surface area contributed by atoms with Gasteiger partial charge in [-0.2, -0.15) is 0 Å². The zero-order valence-corrected chi connectivity index (χ0v) is 10.4. The second kappa shape index (κ2) is 3.68. The molecule has 2 aromatic carbocycles. The van der Waals surface area contributed by atoms with Crippen molar-refractivity contribution >= 4 is 27.3 Å². The predicted molar refractivity (Wildman–Crippen MR) is 76.0 cm³/mol. The van der Waals surface area contributed by atoms with Gasteiger partial charge in [0.15, 0.2) is 4.96 Å². The average molecular weight is 250 g/mol. The normalized spacial score (nSPS) is 11.3. The molecule has 0 aliphatic heterocycles. The molecule has 2 aromatic heterocycles. The van der Waals surface area contributed by atoms with E-state index in [4.69, 9.17) is 0 Å². The molecular weight excluding hydrogens is 240 g/mol. The summed E-state index contributed by atoms with van der Waals surface area (Å²) >= 11 is 1.69. The summed E-state index contributed by atoms with van der Waals surface area (Å²) in [6.07, 6.45) is 0. The first-order valence-electron chi connectivity index (χ1n) is 5.83. The van der Waals surface area contributed by atoms with Gasteiger partial charge < -0.3 is 0 Å². The van der Waals surface area contributed by atoms with E-state index in [9.17, 15) is 0 Å². The minimum atomic E-state index is 1.05. The quantitative estimate of drug-likeness (QED) is 0.494. The highest BCUT2D eigenvalue weighted by Gasteiger charge is 2.10. The molecular formula is C15H10N2S. The van der Waals surface area contributed by atoms with Gasteiger partial charge >= 0.3 is 0 Å². The van der Waals surface area contributed by atoms with Crippen molar-refractivity contribution in [1.29, 1.82) is 0 Å². The second-order valence-electron chi connectivity index (χ2n) is 4.21. The molecule has 0 N–H and O–H groups in total. The Hall–Kier alpha value is -2.13. The molecule has 0 bridgehead atoms. The second-order valence-corrected chi connectivity index (χ2v) is 5.04. The fourth-order valence-electron chi connectivity index (χ4n) is 2.28. The van der Waals surface area contributed by atoms with Gasteiger partial charge in [-0.1, -0.05) is 42.5 Å². The predicted octanol–water partition coefficient (Wildman–Crippen LogP) is 4.22. The van der Waals surface area contributed by atoms with Crippen molar-refractivity contribution in [3.8, 4) is 11.3 Å². The number of rotatable bonds is 1. The molecule has 4 rings (SSSR count). The lowest BCUT2D eigenvalue weighted by atomic mass is 10.2. The van der Waals surface area contributed by atoms with Crippen LogP contribution in [0.3, 0.4) is 0 Å². The number of para-hydroxylation sites is 2. The van der Waals surface area contributed by atoms with E-state index in [1.807, 2.05) is 12.1 Å². The number of nitrogens with zero attached hydrogens (tertiary/aromatic N) is 2. The third-order valence-corrected chi connectivity index (χ3v) is 3.94. The standard InChI is InChI=1S/C15H10N2S/c1-2-6-11(7-3-1)14-10-18-15-16-12-8-4-5-9-13(12)17(14)15/h1-10H. The Kier molecular flexibility index (Phi) is 2.02. The fraction of sp³-hybridized carbons (Fsp3) is 0. The van der Waals surface area contributed by atoms with Crippen LogP contribution in [-0.4, -0.2) is 9.38 Å². The van der Waals surface area contributed by atoms with Gasteiger partial charge in [0, 0.05) is 5.38 Å².